The molecule has 0 saturated carbocycles. The molecule has 17 heavy (non-hydrogen) atoms. The number of hydrogen-bond acceptors (Lipinski definition) is 5. The average Bonchev–Trinajstić information content (AvgIpc) is 2.33. The van der Waals surface area contributed by atoms with Crippen molar-refractivity contribution in [1.29, 1.82) is 0 Å². The van der Waals surface area contributed by atoms with Crippen molar-refractivity contribution in [1.82, 2.24) is 9.97 Å². The second-order valence-electron chi connectivity index (χ2n) is 3.63. The molecular weight excluding hydrogens is 216 g/mol. The van der Waals surface area contributed by atoms with Crippen LogP contribution in [0.3, 0.4) is 0 Å². The van der Waals surface area contributed by atoms with Crippen LogP contribution in [0.4, 0.5) is 11.6 Å². The minimum Gasteiger partial charge on any atom is -0.481 e. The lowest BCUT2D eigenvalue weighted by molar-refractivity contribution is 0.396. The fourth-order valence-corrected chi connectivity index (χ4v) is 1.53. The van der Waals surface area contributed by atoms with Crippen LogP contribution < -0.4 is 16.2 Å². The number of nitrogens with zero attached hydrogens (tertiary/aromatic N) is 2. The first-order valence-electron chi connectivity index (χ1n) is 5.20. The molecule has 5 heteroatoms. The molecule has 4 N–H and O–H groups in total. The van der Waals surface area contributed by atoms with Crippen molar-refractivity contribution < 1.29 is 4.74 Å². The predicted octanol–water partition coefficient (Wildman–Crippen LogP) is 1.24. The molecule has 2 aromatic heterocycles. The van der Waals surface area contributed by atoms with Crippen LogP contribution in [0.2, 0.25) is 0 Å². The number of nitrogens with two attached hydrogens (primary N) is 2. The van der Waals surface area contributed by atoms with E-state index in [1.165, 1.54) is 0 Å². The number of aromatic nitrogens is 2. The van der Waals surface area contributed by atoms with E-state index in [1.807, 2.05) is 18.2 Å². The van der Waals surface area contributed by atoms with Gasteiger partial charge in [0.25, 0.3) is 0 Å². The Balaban J connectivity index is 2.25. The molecule has 0 atom stereocenters. The SMILES string of the molecule is COc1cccc(Cc2ccc(N)nc2N)n1. The largest absolute Gasteiger partial charge is 0.481 e. The molecule has 0 bridgehead atoms. The van der Waals surface area contributed by atoms with Crippen LogP contribution >= 0.6 is 0 Å². The van der Waals surface area contributed by atoms with Crippen molar-refractivity contribution in [2.24, 2.45) is 0 Å². The lowest BCUT2D eigenvalue weighted by Crippen LogP contribution is -2.02. The smallest absolute Gasteiger partial charge is 0.213 e. The van der Waals surface area contributed by atoms with Crippen LogP contribution in [0.25, 0.3) is 0 Å². The summed E-state index contributed by atoms with van der Waals surface area (Å²) in [5, 5.41) is 0. The summed E-state index contributed by atoms with van der Waals surface area (Å²) in [6, 6.07) is 9.19. The van der Waals surface area contributed by atoms with Crippen LogP contribution in [0, 0.1) is 0 Å². The Hall–Kier alpha value is -2.30. The fraction of sp³-hybridized carbons (Fsp3) is 0.167. The van der Waals surface area contributed by atoms with Gasteiger partial charge in [-0.25, -0.2) is 9.97 Å². The molecule has 0 aromatic carbocycles. The summed E-state index contributed by atoms with van der Waals surface area (Å²) in [6.07, 6.45) is 0.607. The van der Waals surface area contributed by atoms with Gasteiger partial charge < -0.3 is 16.2 Å². The van der Waals surface area contributed by atoms with Crippen LogP contribution in [-0.4, -0.2) is 17.1 Å². The third-order valence-corrected chi connectivity index (χ3v) is 2.40. The highest BCUT2D eigenvalue weighted by molar-refractivity contribution is 5.47. The Morgan fingerprint density at radius 3 is 2.65 bits per heavy atom. The summed E-state index contributed by atoms with van der Waals surface area (Å²) in [5.41, 5.74) is 13.1. The van der Waals surface area contributed by atoms with Gasteiger partial charge in [-0.05, 0) is 12.1 Å². The molecule has 0 fully saturated rings. The standard InChI is InChI=1S/C12H14N4O/c1-17-11-4-2-3-9(15-11)7-8-5-6-10(13)16-12(8)14/h2-6H,7H2,1H3,(H4,13,14,16). The Morgan fingerprint density at radius 2 is 1.94 bits per heavy atom. The molecule has 5 nitrogen and oxygen atoms in total. The van der Waals surface area contributed by atoms with Gasteiger partial charge in [0.15, 0.2) is 0 Å². The molecule has 0 saturated heterocycles. The highest BCUT2D eigenvalue weighted by atomic mass is 16.5. The molecule has 88 valence electrons. The third kappa shape index (κ3) is 2.63. The van der Waals surface area contributed by atoms with Gasteiger partial charge in [-0.1, -0.05) is 12.1 Å². The number of pyridine rings is 2. The Labute approximate surface area is 99.5 Å². The molecule has 2 rings (SSSR count). The summed E-state index contributed by atoms with van der Waals surface area (Å²) in [7, 11) is 1.59. The van der Waals surface area contributed by atoms with Crippen molar-refractivity contribution >= 4 is 11.6 Å². The number of rotatable bonds is 3. The molecule has 0 aliphatic rings. The highest BCUT2D eigenvalue weighted by Crippen LogP contribution is 2.16. The normalized spacial score (nSPS) is 10.2. The highest BCUT2D eigenvalue weighted by Gasteiger charge is 2.04. The summed E-state index contributed by atoms with van der Waals surface area (Å²) in [4.78, 5) is 8.32. The van der Waals surface area contributed by atoms with E-state index in [9.17, 15) is 0 Å². The van der Waals surface area contributed by atoms with E-state index in [0.717, 1.165) is 11.3 Å². The lowest BCUT2D eigenvalue weighted by atomic mass is 10.1. The number of anilines is 2. The minimum atomic E-state index is 0.421. The van der Waals surface area contributed by atoms with E-state index in [1.54, 1.807) is 19.2 Å². The zero-order valence-corrected chi connectivity index (χ0v) is 9.55. The maximum atomic E-state index is 5.79. The summed E-state index contributed by atoms with van der Waals surface area (Å²) >= 11 is 0. The van der Waals surface area contributed by atoms with Gasteiger partial charge in [0, 0.05) is 23.7 Å². The average molecular weight is 230 g/mol. The first kappa shape index (κ1) is 11.2. The van der Waals surface area contributed by atoms with E-state index in [0.29, 0.717) is 23.9 Å². The van der Waals surface area contributed by atoms with Gasteiger partial charge in [-0.3, -0.25) is 0 Å². The molecule has 0 unspecified atom stereocenters. The summed E-state index contributed by atoms with van der Waals surface area (Å²) < 4.78 is 5.06. The Morgan fingerprint density at radius 1 is 1.12 bits per heavy atom. The van der Waals surface area contributed by atoms with Crippen LogP contribution in [-0.2, 0) is 6.42 Å². The summed E-state index contributed by atoms with van der Waals surface area (Å²) in [5.74, 6) is 1.45. The van der Waals surface area contributed by atoms with Gasteiger partial charge in [-0.15, -0.1) is 0 Å². The van der Waals surface area contributed by atoms with Crippen LogP contribution in [0.15, 0.2) is 30.3 Å². The number of methoxy groups -OCH3 is 1. The maximum absolute atomic E-state index is 5.79. The van der Waals surface area contributed by atoms with E-state index in [4.69, 9.17) is 16.2 Å². The Kier molecular flexibility index (Phi) is 3.09. The molecule has 0 spiro atoms. The van der Waals surface area contributed by atoms with Crippen molar-refractivity contribution in [3.63, 3.8) is 0 Å². The van der Waals surface area contributed by atoms with Crippen LogP contribution in [0.1, 0.15) is 11.3 Å². The number of hydrogen-bond donors (Lipinski definition) is 2. The minimum absolute atomic E-state index is 0.421. The molecular formula is C12H14N4O. The van der Waals surface area contributed by atoms with Crippen molar-refractivity contribution in [3.05, 3.63) is 41.6 Å². The molecule has 2 aromatic rings. The first-order valence-corrected chi connectivity index (χ1v) is 5.20. The first-order chi connectivity index (χ1) is 8.19. The van der Waals surface area contributed by atoms with Gasteiger partial charge in [-0.2, -0.15) is 0 Å². The van der Waals surface area contributed by atoms with E-state index in [-0.39, 0.29) is 0 Å². The second-order valence-corrected chi connectivity index (χ2v) is 3.63. The zero-order valence-electron chi connectivity index (χ0n) is 9.55. The summed E-state index contributed by atoms with van der Waals surface area (Å²) in [6.45, 7) is 0. The van der Waals surface area contributed by atoms with Gasteiger partial charge >= 0.3 is 0 Å². The molecule has 0 radical (unpaired) electrons. The quantitative estimate of drug-likeness (QED) is 0.828. The molecule has 2 heterocycles. The zero-order chi connectivity index (χ0) is 12.3. The fourth-order valence-electron chi connectivity index (χ4n) is 1.53. The topological polar surface area (TPSA) is 87.0 Å². The van der Waals surface area contributed by atoms with Gasteiger partial charge in [0.1, 0.15) is 11.6 Å². The van der Waals surface area contributed by atoms with E-state index < -0.39 is 0 Å². The van der Waals surface area contributed by atoms with Gasteiger partial charge in [0.05, 0.1) is 7.11 Å². The maximum Gasteiger partial charge on any atom is 0.213 e. The monoisotopic (exact) mass is 230 g/mol. The predicted molar refractivity (Wildman–Crippen MR) is 66.7 cm³/mol. The van der Waals surface area contributed by atoms with Crippen molar-refractivity contribution in [2.75, 3.05) is 18.6 Å². The molecule has 0 aliphatic carbocycles. The van der Waals surface area contributed by atoms with E-state index in [2.05, 4.69) is 9.97 Å². The Bertz CT molecular complexity index is 528. The molecule has 0 aliphatic heterocycles. The number of nitrogen functional groups attached to an aromatic ring is 2. The van der Waals surface area contributed by atoms with Crippen molar-refractivity contribution in [3.8, 4) is 5.88 Å². The second kappa shape index (κ2) is 4.69. The van der Waals surface area contributed by atoms with Crippen molar-refractivity contribution in [2.45, 2.75) is 6.42 Å². The van der Waals surface area contributed by atoms with Gasteiger partial charge in [0.2, 0.25) is 5.88 Å². The lowest BCUT2D eigenvalue weighted by Gasteiger charge is -2.06. The van der Waals surface area contributed by atoms with E-state index >= 15 is 0 Å². The third-order valence-electron chi connectivity index (χ3n) is 2.40. The molecule has 0 amide bonds. The number of ether oxygens (including phenoxy) is 1. The van der Waals surface area contributed by atoms with Crippen LogP contribution in [0.5, 0.6) is 5.88 Å².